The van der Waals surface area contributed by atoms with Crippen molar-refractivity contribution in [3.8, 4) is 0 Å². The summed E-state index contributed by atoms with van der Waals surface area (Å²) >= 11 is 0. The number of likely N-dealkylation sites (tertiary alicyclic amines) is 1. The zero-order chi connectivity index (χ0) is 21.8. The molecule has 4 rings (SSSR count). The molecular formula is C24H31N3O3S. The molecular weight excluding hydrogens is 410 g/mol. The first-order valence-corrected chi connectivity index (χ1v) is 12.6. The fraction of sp³-hybridized carbons (Fsp3) is 0.458. The highest BCUT2D eigenvalue weighted by atomic mass is 32.2. The molecule has 0 aliphatic carbocycles. The van der Waals surface area contributed by atoms with Crippen LogP contribution in [0.25, 0.3) is 0 Å². The van der Waals surface area contributed by atoms with Gasteiger partial charge in [0.25, 0.3) is 5.91 Å². The third kappa shape index (κ3) is 5.17. The molecule has 0 radical (unpaired) electrons. The number of hydrogen-bond acceptors (Lipinski definition) is 4. The molecule has 2 aromatic carbocycles. The highest BCUT2D eigenvalue weighted by Crippen LogP contribution is 2.25. The Morgan fingerprint density at radius 1 is 1.03 bits per heavy atom. The zero-order valence-electron chi connectivity index (χ0n) is 18.0. The highest BCUT2D eigenvalue weighted by molar-refractivity contribution is 7.89. The summed E-state index contributed by atoms with van der Waals surface area (Å²) in [6.07, 6.45) is 3.70. The molecule has 0 spiro atoms. The minimum Gasteiger partial charge on any atom is -0.348 e. The van der Waals surface area contributed by atoms with Gasteiger partial charge in [0, 0.05) is 43.8 Å². The van der Waals surface area contributed by atoms with Crippen LogP contribution in [0.3, 0.4) is 0 Å². The maximum Gasteiger partial charge on any atom is 0.251 e. The van der Waals surface area contributed by atoms with Crippen molar-refractivity contribution in [2.24, 2.45) is 0 Å². The molecule has 31 heavy (non-hydrogen) atoms. The monoisotopic (exact) mass is 441 g/mol. The van der Waals surface area contributed by atoms with E-state index in [9.17, 15) is 13.2 Å². The molecule has 7 heteroatoms. The van der Waals surface area contributed by atoms with Gasteiger partial charge < -0.3 is 5.32 Å². The quantitative estimate of drug-likeness (QED) is 0.747. The van der Waals surface area contributed by atoms with Crippen molar-refractivity contribution in [3.05, 3.63) is 65.7 Å². The Hall–Kier alpha value is -2.22. The molecule has 0 aromatic heterocycles. The van der Waals surface area contributed by atoms with Gasteiger partial charge in [-0.2, -0.15) is 4.31 Å². The van der Waals surface area contributed by atoms with Crippen LogP contribution in [0, 0.1) is 0 Å². The molecule has 166 valence electrons. The molecule has 1 amide bonds. The molecule has 2 fully saturated rings. The van der Waals surface area contributed by atoms with Crippen LogP contribution >= 0.6 is 0 Å². The Kier molecular flexibility index (Phi) is 6.74. The van der Waals surface area contributed by atoms with E-state index in [1.807, 2.05) is 25.1 Å². The smallest absolute Gasteiger partial charge is 0.251 e. The average molecular weight is 442 g/mol. The van der Waals surface area contributed by atoms with Gasteiger partial charge in [0.05, 0.1) is 4.90 Å². The fourth-order valence-corrected chi connectivity index (χ4v) is 6.31. The van der Waals surface area contributed by atoms with Crippen LogP contribution < -0.4 is 5.32 Å². The van der Waals surface area contributed by atoms with Crippen LogP contribution in [0.4, 0.5) is 0 Å². The van der Waals surface area contributed by atoms with Crippen molar-refractivity contribution in [2.45, 2.75) is 56.1 Å². The van der Waals surface area contributed by atoms with E-state index in [1.54, 1.807) is 22.5 Å². The number of carbonyl (C=O) groups excluding carboxylic acids is 1. The van der Waals surface area contributed by atoms with Gasteiger partial charge in [-0.05, 0) is 49.9 Å². The van der Waals surface area contributed by atoms with Gasteiger partial charge in [0.1, 0.15) is 0 Å². The summed E-state index contributed by atoms with van der Waals surface area (Å²) in [5.41, 5.74) is 1.66. The van der Waals surface area contributed by atoms with Gasteiger partial charge in [0.15, 0.2) is 0 Å². The first kappa shape index (κ1) is 22.0. The van der Waals surface area contributed by atoms with E-state index < -0.39 is 10.0 Å². The SMILES string of the molecule is CC1CCCCN1S(=O)(=O)c1cccc(C(=O)NC2CCN(Cc3ccccc3)C2)c1. The van der Waals surface area contributed by atoms with Crippen LogP contribution in [0.1, 0.15) is 48.5 Å². The van der Waals surface area contributed by atoms with Crippen LogP contribution in [0.15, 0.2) is 59.5 Å². The summed E-state index contributed by atoms with van der Waals surface area (Å²) in [6, 6.07) is 16.8. The first-order valence-electron chi connectivity index (χ1n) is 11.1. The van der Waals surface area contributed by atoms with Gasteiger partial charge >= 0.3 is 0 Å². The topological polar surface area (TPSA) is 69.7 Å². The van der Waals surface area contributed by atoms with Crippen LogP contribution in [0.5, 0.6) is 0 Å². The Morgan fingerprint density at radius 2 is 1.84 bits per heavy atom. The van der Waals surface area contributed by atoms with Gasteiger partial charge in [-0.25, -0.2) is 8.42 Å². The fourth-order valence-electron chi connectivity index (χ4n) is 4.57. The maximum absolute atomic E-state index is 13.1. The predicted molar refractivity (Wildman–Crippen MR) is 121 cm³/mol. The Balaban J connectivity index is 1.39. The summed E-state index contributed by atoms with van der Waals surface area (Å²) in [7, 11) is -3.59. The number of nitrogens with one attached hydrogen (secondary N) is 1. The summed E-state index contributed by atoms with van der Waals surface area (Å²) in [6.45, 7) is 5.09. The first-order chi connectivity index (χ1) is 14.9. The number of benzene rings is 2. The van der Waals surface area contributed by atoms with E-state index >= 15 is 0 Å². The Bertz CT molecular complexity index is 1010. The molecule has 1 N–H and O–H groups in total. The van der Waals surface area contributed by atoms with Crippen molar-refractivity contribution in [2.75, 3.05) is 19.6 Å². The lowest BCUT2D eigenvalue weighted by Gasteiger charge is -2.32. The second-order valence-electron chi connectivity index (χ2n) is 8.67. The lowest BCUT2D eigenvalue weighted by atomic mass is 10.1. The van der Waals surface area contributed by atoms with Crippen molar-refractivity contribution in [3.63, 3.8) is 0 Å². The average Bonchev–Trinajstić information content (AvgIpc) is 3.21. The van der Waals surface area contributed by atoms with Crippen molar-refractivity contribution in [1.29, 1.82) is 0 Å². The van der Waals surface area contributed by atoms with E-state index in [1.165, 1.54) is 11.6 Å². The van der Waals surface area contributed by atoms with E-state index in [0.717, 1.165) is 45.3 Å². The summed E-state index contributed by atoms with van der Waals surface area (Å²) < 4.78 is 27.8. The molecule has 0 bridgehead atoms. The number of piperidine rings is 1. The van der Waals surface area contributed by atoms with Gasteiger partial charge in [-0.15, -0.1) is 0 Å². The molecule has 2 saturated heterocycles. The number of amides is 1. The molecule has 2 aromatic rings. The Labute approximate surface area is 185 Å². The lowest BCUT2D eigenvalue weighted by Crippen LogP contribution is -2.42. The number of carbonyl (C=O) groups is 1. The Morgan fingerprint density at radius 3 is 2.61 bits per heavy atom. The minimum atomic E-state index is -3.59. The third-order valence-electron chi connectivity index (χ3n) is 6.30. The van der Waals surface area contributed by atoms with Gasteiger partial charge in [-0.1, -0.05) is 42.8 Å². The van der Waals surface area contributed by atoms with Crippen molar-refractivity contribution < 1.29 is 13.2 Å². The second-order valence-corrected chi connectivity index (χ2v) is 10.6. The summed E-state index contributed by atoms with van der Waals surface area (Å²) in [5, 5.41) is 3.09. The zero-order valence-corrected chi connectivity index (χ0v) is 18.9. The van der Waals surface area contributed by atoms with E-state index in [-0.39, 0.29) is 22.9 Å². The minimum absolute atomic E-state index is 0.00896. The van der Waals surface area contributed by atoms with E-state index in [2.05, 4.69) is 22.3 Å². The largest absolute Gasteiger partial charge is 0.348 e. The number of rotatable bonds is 6. The highest BCUT2D eigenvalue weighted by Gasteiger charge is 2.31. The molecule has 2 heterocycles. The molecule has 2 unspecified atom stereocenters. The molecule has 2 atom stereocenters. The van der Waals surface area contributed by atoms with Crippen molar-refractivity contribution in [1.82, 2.24) is 14.5 Å². The maximum atomic E-state index is 13.1. The predicted octanol–water partition coefficient (Wildman–Crippen LogP) is 3.25. The number of hydrogen-bond donors (Lipinski definition) is 1. The van der Waals surface area contributed by atoms with E-state index in [0.29, 0.717) is 12.1 Å². The summed E-state index contributed by atoms with van der Waals surface area (Å²) in [4.78, 5) is 15.4. The molecule has 0 saturated carbocycles. The van der Waals surface area contributed by atoms with E-state index in [4.69, 9.17) is 0 Å². The van der Waals surface area contributed by atoms with Crippen LogP contribution in [-0.4, -0.2) is 55.2 Å². The standard InChI is InChI=1S/C24H31N3O3S/c1-19-8-5-6-14-27(19)31(29,30)23-12-7-11-21(16-23)24(28)25-22-13-15-26(18-22)17-20-9-3-2-4-10-20/h2-4,7,9-12,16,19,22H,5-6,8,13-15,17-18H2,1H3,(H,25,28). The van der Waals surface area contributed by atoms with Gasteiger partial charge in [-0.3, -0.25) is 9.69 Å². The third-order valence-corrected chi connectivity index (χ3v) is 8.31. The number of nitrogens with zero attached hydrogens (tertiary/aromatic N) is 2. The summed E-state index contributed by atoms with van der Waals surface area (Å²) in [5.74, 6) is -0.213. The van der Waals surface area contributed by atoms with Crippen molar-refractivity contribution >= 4 is 15.9 Å². The van der Waals surface area contributed by atoms with Crippen LogP contribution in [-0.2, 0) is 16.6 Å². The lowest BCUT2D eigenvalue weighted by molar-refractivity contribution is 0.0937. The molecule has 2 aliphatic heterocycles. The molecule has 6 nitrogen and oxygen atoms in total. The second kappa shape index (κ2) is 9.51. The number of sulfonamides is 1. The normalized spacial score (nSPS) is 23.0. The van der Waals surface area contributed by atoms with Crippen LogP contribution in [0.2, 0.25) is 0 Å². The molecule has 2 aliphatic rings. The van der Waals surface area contributed by atoms with Gasteiger partial charge in [0.2, 0.25) is 10.0 Å².